The van der Waals surface area contributed by atoms with Gasteiger partial charge in [0.25, 0.3) is 0 Å². The number of hydrogen-bond acceptors (Lipinski definition) is 4. The Morgan fingerprint density at radius 2 is 1.57 bits per heavy atom. The second-order valence-corrected chi connectivity index (χ2v) is 9.10. The minimum Gasteiger partial charge on any atom is -0.507 e. The van der Waals surface area contributed by atoms with Gasteiger partial charge in [-0.15, -0.1) is 0 Å². The lowest BCUT2D eigenvalue weighted by Crippen LogP contribution is -2.04. The van der Waals surface area contributed by atoms with Crippen LogP contribution in [0.2, 0.25) is 0 Å². The molecule has 21 heavy (non-hydrogen) atoms. The fourth-order valence-electron chi connectivity index (χ4n) is 2.34. The van der Waals surface area contributed by atoms with E-state index in [2.05, 4.69) is 52.8 Å². The molecule has 1 atom stereocenters. The third-order valence-corrected chi connectivity index (χ3v) is 6.94. The van der Waals surface area contributed by atoms with Gasteiger partial charge < -0.3 is 5.11 Å². The molecule has 1 unspecified atom stereocenters. The fraction of sp³-hybridized carbons (Fsp3) is 0.471. The highest BCUT2D eigenvalue weighted by Gasteiger charge is 2.20. The first-order valence-corrected chi connectivity index (χ1v) is 9.84. The zero-order valence-electron chi connectivity index (χ0n) is 13.1. The molecule has 4 heteroatoms. The quantitative estimate of drug-likeness (QED) is 0.489. The molecule has 2 rings (SSSR count). The Bertz CT molecular complexity index is 680. The van der Waals surface area contributed by atoms with Gasteiger partial charge in [-0.25, -0.2) is 0 Å². The molecule has 0 radical (unpaired) electrons. The molecule has 1 heterocycles. The number of hydrogen-bond donors (Lipinski definition) is 1. The van der Waals surface area contributed by atoms with E-state index >= 15 is 0 Å². The predicted octanol–water partition coefficient (Wildman–Crippen LogP) is 6.79. The molecule has 0 amide bonds. The molecular formula is C17H22OS3. The summed E-state index contributed by atoms with van der Waals surface area (Å²) in [5.41, 5.74) is 3.26. The summed E-state index contributed by atoms with van der Waals surface area (Å²) in [6.45, 7) is 10.8. The molecule has 0 spiro atoms. The zero-order valence-corrected chi connectivity index (χ0v) is 15.6. The third kappa shape index (κ3) is 3.55. The Balaban J connectivity index is 2.65. The van der Waals surface area contributed by atoms with Gasteiger partial charge in [-0.05, 0) is 52.6 Å². The van der Waals surface area contributed by atoms with E-state index in [9.17, 15) is 5.11 Å². The van der Waals surface area contributed by atoms with Crippen LogP contribution in [0.25, 0.3) is 10.4 Å². The second kappa shape index (κ2) is 6.59. The van der Waals surface area contributed by atoms with Crippen molar-refractivity contribution in [1.29, 1.82) is 0 Å². The van der Waals surface area contributed by atoms with E-state index < -0.39 is 0 Å². The first-order chi connectivity index (χ1) is 9.81. The van der Waals surface area contributed by atoms with Crippen molar-refractivity contribution in [3.8, 4) is 16.2 Å². The van der Waals surface area contributed by atoms with Crippen LogP contribution in [0, 0.1) is 9.74 Å². The van der Waals surface area contributed by atoms with E-state index in [0.29, 0.717) is 23.5 Å². The number of aromatic hydroxyl groups is 1. The highest BCUT2D eigenvalue weighted by atomic mass is 32.9. The smallest absolute Gasteiger partial charge is 0.122 e. The van der Waals surface area contributed by atoms with E-state index in [4.69, 9.17) is 12.2 Å². The van der Waals surface area contributed by atoms with Crippen molar-refractivity contribution >= 4 is 32.9 Å². The molecule has 0 aliphatic rings. The molecule has 1 aromatic heterocycles. The predicted molar refractivity (Wildman–Crippen MR) is 97.5 cm³/mol. The van der Waals surface area contributed by atoms with E-state index in [1.54, 1.807) is 20.7 Å². The topological polar surface area (TPSA) is 20.2 Å². The van der Waals surface area contributed by atoms with Gasteiger partial charge >= 0.3 is 0 Å². The average Bonchev–Trinajstić information content (AvgIpc) is 2.84. The SMILES string of the molecule is CC(C)c1cc(-c2cc(=S)ss2)cc(C(C)C(C)C)c1O. The van der Waals surface area contributed by atoms with Crippen LogP contribution in [-0.4, -0.2) is 5.11 Å². The van der Waals surface area contributed by atoms with Gasteiger partial charge in [0, 0.05) is 4.88 Å². The fourth-order valence-corrected chi connectivity index (χ4v) is 4.73. The maximum Gasteiger partial charge on any atom is 0.122 e. The van der Waals surface area contributed by atoms with Gasteiger partial charge in [0.05, 0.1) is 0 Å². The standard InChI is InChI=1S/C17H22OS3/c1-9(2)11(5)14-7-12(15-8-16(19)21-20-15)6-13(10(3)4)17(14)18/h6-11,18H,1-5H3. The van der Waals surface area contributed by atoms with Gasteiger partial charge in [0.2, 0.25) is 0 Å². The van der Waals surface area contributed by atoms with E-state index in [-0.39, 0.29) is 0 Å². The molecule has 2 aromatic rings. The van der Waals surface area contributed by atoms with Gasteiger partial charge in [0.15, 0.2) is 0 Å². The van der Waals surface area contributed by atoms with Crippen LogP contribution in [0.15, 0.2) is 18.2 Å². The molecule has 0 saturated carbocycles. The van der Waals surface area contributed by atoms with E-state index in [0.717, 1.165) is 15.0 Å². The van der Waals surface area contributed by atoms with Gasteiger partial charge in [-0.3, -0.25) is 0 Å². The molecule has 0 bridgehead atoms. The summed E-state index contributed by atoms with van der Waals surface area (Å²) in [7, 11) is 3.35. The maximum absolute atomic E-state index is 10.6. The molecule has 114 valence electrons. The molecule has 0 saturated heterocycles. The van der Waals surface area contributed by atoms with Crippen molar-refractivity contribution in [1.82, 2.24) is 0 Å². The average molecular weight is 339 g/mol. The van der Waals surface area contributed by atoms with Crippen molar-refractivity contribution in [3.63, 3.8) is 0 Å². The third-order valence-electron chi connectivity index (χ3n) is 4.03. The van der Waals surface area contributed by atoms with Crippen molar-refractivity contribution in [2.24, 2.45) is 5.92 Å². The minimum atomic E-state index is 0.301. The molecule has 0 aliphatic heterocycles. The van der Waals surface area contributed by atoms with Crippen molar-refractivity contribution in [3.05, 3.63) is 33.1 Å². The normalized spacial score (nSPS) is 13.1. The number of benzene rings is 1. The molecular weight excluding hydrogens is 316 g/mol. The number of rotatable bonds is 4. The summed E-state index contributed by atoms with van der Waals surface area (Å²) in [5, 5.41) is 10.6. The van der Waals surface area contributed by atoms with Crippen LogP contribution in [-0.2, 0) is 0 Å². The molecule has 1 nitrogen and oxygen atoms in total. The van der Waals surface area contributed by atoms with Crippen LogP contribution < -0.4 is 0 Å². The van der Waals surface area contributed by atoms with Gasteiger partial charge in [0.1, 0.15) is 9.57 Å². The molecule has 0 aliphatic carbocycles. The van der Waals surface area contributed by atoms with Crippen LogP contribution in [0.5, 0.6) is 5.75 Å². The van der Waals surface area contributed by atoms with Crippen molar-refractivity contribution < 1.29 is 5.11 Å². The minimum absolute atomic E-state index is 0.301. The van der Waals surface area contributed by atoms with Crippen molar-refractivity contribution in [2.75, 3.05) is 0 Å². The zero-order chi connectivity index (χ0) is 15.7. The molecule has 0 fully saturated rings. The Morgan fingerprint density at radius 1 is 0.952 bits per heavy atom. The Hall–Kier alpha value is -0.710. The lowest BCUT2D eigenvalue weighted by Gasteiger charge is -2.21. The van der Waals surface area contributed by atoms with Gasteiger partial charge in [-0.2, -0.15) is 0 Å². The summed E-state index contributed by atoms with van der Waals surface area (Å²) in [6.07, 6.45) is 0. The largest absolute Gasteiger partial charge is 0.507 e. The summed E-state index contributed by atoms with van der Waals surface area (Å²) in [6, 6.07) is 6.31. The number of phenols is 1. The number of phenolic OH excluding ortho intramolecular Hbond substituents is 1. The lowest BCUT2D eigenvalue weighted by molar-refractivity contribution is 0.437. The molecule has 1 N–H and O–H groups in total. The maximum atomic E-state index is 10.6. The van der Waals surface area contributed by atoms with Gasteiger partial charge in [-0.1, -0.05) is 67.5 Å². The summed E-state index contributed by atoms with van der Waals surface area (Å²) in [4.78, 5) is 1.20. The Morgan fingerprint density at radius 3 is 2.05 bits per heavy atom. The highest BCUT2D eigenvalue weighted by molar-refractivity contribution is 7.80. The summed E-state index contributed by atoms with van der Waals surface area (Å²) >= 11 is 5.25. The Kier molecular flexibility index (Phi) is 5.23. The van der Waals surface area contributed by atoms with Crippen molar-refractivity contribution in [2.45, 2.75) is 46.5 Å². The molecule has 1 aromatic carbocycles. The highest BCUT2D eigenvalue weighted by Crippen LogP contribution is 2.41. The van der Waals surface area contributed by atoms with Crippen LogP contribution in [0.1, 0.15) is 57.6 Å². The van der Waals surface area contributed by atoms with Crippen LogP contribution in [0.4, 0.5) is 0 Å². The monoisotopic (exact) mass is 338 g/mol. The van der Waals surface area contributed by atoms with E-state index in [1.807, 2.05) is 0 Å². The summed E-state index contributed by atoms with van der Waals surface area (Å²) < 4.78 is 0.924. The second-order valence-electron chi connectivity index (χ2n) is 6.18. The first kappa shape index (κ1) is 16.7. The lowest BCUT2D eigenvalue weighted by atomic mass is 9.85. The van der Waals surface area contributed by atoms with Crippen LogP contribution in [0.3, 0.4) is 0 Å². The van der Waals surface area contributed by atoms with Crippen LogP contribution >= 0.6 is 32.9 Å². The Labute approximate surface area is 139 Å². The van der Waals surface area contributed by atoms with E-state index in [1.165, 1.54) is 10.4 Å². The summed E-state index contributed by atoms with van der Waals surface area (Å²) in [5.74, 6) is 1.59. The first-order valence-electron chi connectivity index (χ1n) is 7.28.